The number of aryl methyl sites for hydroxylation is 1. The minimum Gasteiger partial charge on any atom is -0.494 e. The van der Waals surface area contributed by atoms with Crippen molar-refractivity contribution in [2.24, 2.45) is 0 Å². The van der Waals surface area contributed by atoms with Crippen LogP contribution in [0.15, 0.2) is 59.4 Å². The smallest absolute Gasteiger partial charge is 0.278 e. The van der Waals surface area contributed by atoms with Crippen LogP contribution in [0.4, 0.5) is 5.69 Å². The number of para-hydroxylation sites is 2. The monoisotopic (exact) mass is 418 g/mol. The van der Waals surface area contributed by atoms with Gasteiger partial charge in [-0.05, 0) is 56.7 Å². The number of fused-ring (bicyclic) bond motifs is 3. The van der Waals surface area contributed by atoms with Gasteiger partial charge in [0.2, 0.25) is 0 Å². The molecule has 7 nitrogen and oxygen atoms in total. The molecule has 0 atom stereocenters. The summed E-state index contributed by atoms with van der Waals surface area (Å²) in [5, 5.41) is 4.53. The molecule has 0 unspecified atom stereocenters. The van der Waals surface area contributed by atoms with Crippen molar-refractivity contribution < 1.29 is 9.53 Å². The van der Waals surface area contributed by atoms with E-state index in [0.29, 0.717) is 25.2 Å². The summed E-state index contributed by atoms with van der Waals surface area (Å²) in [7, 11) is 0. The summed E-state index contributed by atoms with van der Waals surface area (Å²) in [5.41, 5.74) is 2.86. The van der Waals surface area contributed by atoms with E-state index in [0.717, 1.165) is 28.9 Å². The summed E-state index contributed by atoms with van der Waals surface area (Å²) in [5.74, 6) is 0.506. The fourth-order valence-electron chi connectivity index (χ4n) is 3.86. The molecule has 0 fully saturated rings. The zero-order valence-corrected chi connectivity index (χ0v) is 18.0. The predicted octanol–water partition coefficient (Wildman–Crippen LogP) is 4.12. The maximum atomic E-state index is 13.3. The molecule has 31 heavy (non-hydrogen) atoms. The van der Waals surface area contributed by atoms with Crippen molar-refractivity contribution in [1.29, 1.82) is 0 Å². The number of ether oxygens (including phenoxy) is 1. The topological polar surface area (TPSA) is 68.8 Å². The first-order valence-electron chi connectivity index (χ1n) is 10.6. The first-order valence-corrected chi connectivity index (χ1v) is 10.6. The minimum atomic E-state index is -0.249. The molecule has 0 spiro atoms. The number of carbonyl (C=O) groups excluding carboxylic acids is 1. The predicted molar refractivity (Wildman–Crippen MR) is 122 cm³/mol. The normalized spacial score (nSPS) is 11.2. The molecule has 2 aromatic heterocycles. The van der Waals surface area contributed by atoms with Crippen LogP contribution in [0.1, 0.15) is 37.7 Å². The van der Waals surface area contributed by atoms with Gasteiger partial charge >= 0.3 is 0 Å². The molecule has 1 amide bonds. The fraction of sp³-hybridized carbons (Fsp3) is 0.292. The van der Waals surface area contributed by atoms with Gasteiger partial charge in [0.15, 0.2) is 5.69 Å². The van der Waals surface area contributed by atoms with Crippen molar-refractivity contribution in [3.05, 3.63) is 70.6 Å². The molecule has 4 rings (SSSR count). The molecule has 0 aliphatic carbocycles. The van der Waals surface area contributed by atoms with Crippen LogP contribution in [0.5, 0.6) is 5.75 Å². The van der Waals surface area contributed by atoms with Crippen molar-refractivity contribution >= 4 is 28.1 Å². The molecule has 2 heterocycles. The molecule has 0 saturated heterocycles. The molecule has 2 aromatic carbocycles. The zero-order valence-electron chi connectivity index (χ0n) is 18.0. The Hall–Kier alpha value is -3.61. The van der Waals surface area contributed by atoms with Gasteiger partial charge in [0.25, 0.3) is 11.5 Å². The van der Waals surface area contributed by atoms with Crippen LogP contribution in [0.3, 0.4) is 0 Å². The third-order valence-electron chi connectivity index (χ3n) is 5.26. The standard InChI is InChI=1S/C24H26N4O3/c1-4-15-27-20-9-7-8-10-21(20)28-22(24(27)30)16-19(25-28)23(29)26(5-2)17-11-13-18(14-12-17)31-6-3/h7-14,16H,4-6,15H2,1-3H3. The second-order valence-corrected chi connectivity index (χ2v) is 7.25. The van der Waals surface area contributed by atoms with Gasteiger partial charge in [-0.2, -0.15) is 5.10 Å². The van der Waals surface area contributed by atoms with Crippen molar-refractivity contribution in [2.75, 3.05) is 18.1 Å². The van der Waals surface area contributed by atoms with E-state index in [9.17, 15) is 9.59 Å². The van der Waals surface area contributed by atoms with E-state index >= 15 is 0 Å². The van der Waals surface area contributed by atoms with Crippen LogP contribution in [-0.4, -0.2) is 33.2 Å². The van der Waals surface area contributed by atoms with E-state index < -0.39 is 0 Å². The fourth-order valence-corrected chi connectivity index (χ4v) is 3.86. The van der Waals surface area contributed by atoms with Crippen LogP contribution in [0, 0.1) is 0 Å². The number of carbonyl (C=O) groups is 1. The average Bonchev–Trinajstić information content (AvgIpc) is 3.24. The van der Waals surface area contributed by atoms with Gasteiger partial charge in [0, 0.05) is 24.8 Å². The van der Waals surface area contributed by atoms with Crippen molar-refractivity contribution in [2.45, 2.75) is 33.7 Å². The van der Waals surface area contributed by atoms with E-state index in [1.54, 1.807) is 20.0 Å². The lowest BCUT2D eigenvalue weighted by Crippen LogP contribution is -2.30. The number of rotatable bonds is 7. The highest BCUT2D eigenvalue weighted by Crippen LogP contribution is 2.22. The number of hydrogen-bond donors (Lipinski definition) is 0. The summed E-state index contributed by atoms with van der Waals surface area (Å²) in [6, 6.07) is 16.6. The average molecular weight is 418 g/mol. The molecular weight excluding hydrogens is 392 g/mol. The van der Waals surface area contributed by atoms with Crippen LogP contribution < -0.4 is 15.2 Å². The number of benzene rings is 2. The highest BCUT2D eigenvalue weighted by atomic mass is 16.5. The SMILES string of the molecule is CCCn1c(=O)c2cc(C(=O)N(CC)c3ccc(OCC)cc3)nn2c2ccccc21. The van der Waals surface area contributed by atoms with Gasteiger partial charge in [0.05, 0.1) is 17.6 Å². The van der Waals surface area contributed by atoms with Crippen molar-refractivity contribution in [3.63, 3.8) is 0 Å². The molecule has 0 aliphatic rings. The quantitative estimate of drug-likeness (QED) is 0.453. The molecule has 0 bridgehead atoms. The van der Waals surface area contributed by atoms with Gasteiger partial charge < -0.3 is 14.2 Å². The Morgan fingerprint density at radius 3 is 2.35 bits per heavy atom. The number of aromatic nitrogens is 3. The molecule has 4 aromatic rings. The molecule has 0 N–H and O–H groups in total. The Balaban J connectivity index is 1.80. The largest absolute Gasteiger partial charge is 0.494 e. The van der Waals surface area contributed by atoms with Crippen molar-refractivity contribution in [3.8, 4) is 5.75 Å². The van der Waals surface area contributed by atoms with Crippen LogP contribution >= 0.6 is 0 Å². The Labute approximate surface area is 180 Å². The molecule has 0 aliphatic heterocycles. The van der Waals surface area contributed by atoms with Gasteiger partial charge in [-0.1, -0.05) is 19.1 Å². The number of hydrogen-bond acceptors (Lipinski definition) is 4. The molecule has 0 saturated carbocycles. The summed E-state index contributed by atoms with van der Waals surface area (Å²) < 4.78 is 8.83. The Morgan fingerprint density at radius 1 is 1.00 bits per heavy atom. The first-order chi connectivity index (χ1) is 15.1. The first kappa shape index (κ1) is 20.7. The Morgan fingerprint density at radius 2 is 1.71 bits per heavy atom. The van der Waals surface area contributed by atoms with E-state index in [4.69, 9.17) is 4.74 Å². The number of anilines is 1. The minimum absolute atomic E-state index is 0.142. The number of amides is 1. The highest BCUT2D eigenvalue weighted by molar-refractivity contribution is 6.05. The second kappa shape index (κ2) is 8.63. The van der Waals surface area contributed by atoms with E-state index in [1.165, 1.54) is 0 Å². The number of nitrogens with zero attached hydrogens (tertiary/aromatic N) is 4. The van der Waals surface area contributed by atoms with Gasteiger partial charge in [-0.25, -0.2) is 4.52 Å². The van der Waals surface area contributed by atoms with E-state index in [2.05, 4.69) is 5.10 Å². The van der Waals surface area contributed by atoms with Crippen LogP contribution in [-0.2, 0) is 6.54 Å². The van der Waals surface area contributed by atoms with Crippen LogP contribution in [0.25, 0.3) is 16.6 Å². The Kier molecular flexibility index (Phi) is 5.75. The summed E-state index contributed by atoms with van der Waals surface area (Å²) >= 11 is 0. The maximum absolute atomic E-state index is 13.3. The lowest BCUT2D eigenvalue weighted by atomic mass is 10.2. The molecular formula is C24H26N4O3. The highest BCUT2D eigenvalue weighted by Gasteiger charge is 2.22. The summed E-state index contributed by atoms with van der Waals surface area (Å²) in [6.45, 7) is 7.54. The maximum Gasteiger partial charge on any atom is 0.278 e. The van der Waals surface area contributed by atoms with Gasteiger partial charge in [-0.15, -0.1) is 0 Å². The second-order valence-electron chi connectivity index (χ2n) is 7.25. The third kappa shape index (κ3) is 3.67. The van der Waals surface area contributed by atoms with E-state index in [-0.39, 0.29) is 17.2 Å². The summed E-state index contributed by atoms with van der Waals surface area (Å²) in [6.07, 6.45) is 0.835. The van der Waals surface area contributed by atoms with Crippen LogP contribution in [0.2, 0.25) is 0 Å². The Bertz CT molecular complexity index is 1290. The lowest BCUT2D eigenvalue weighted by molar-refractivity contribution is 0.0983. The van der Waals surface area contributed by atoms with Crippen molar-refractivity contribution in [1.82, 2.24) is 14.2 Å². The zero-order chi connectivity index (χ0) is 22.0. The van der Waals surface area contributed by atoms with E-state index in [1.807, 2.05) is 69.3 Å². The molecule has 160 valence electrons. The lowest BCUT2D eigenvalue weighted by Gasteiger charge is -2.20. The van der Waals surface area contributed by atoms with Gasteiger partial charge in [0.1, 0.15) is 11.3 Å². The third-order valence-corrected chi connectivity index (χ3v) is 5.26. The van der Waals surface area contributed by atoms with Gasteiger partial charge in [-0.3, -0.25) is 9.59 Å². The summed E-state index contributed by atoms with van der Waals surface area (Å²) in [4.78, 5) is 28.1. The molecule has 7 heteroatoms. The molecule has 0 radical (unpaired) electrons.